The van der Waals surface area contributed by atoms with Gasteiger partial charge in [-0.2, -0.15) is 0 Å². The van der Waals surface area contributed by atoms with Crippen LogP contribution in [0.3, 0.4) is 0 Å². The summed E-state index contributed by atoms with van der Waals surface area (Å²) in [5.41, 5.74) is 2.94. The van der Waals surface area contributed by atoms with E-state index in [1.165, 1.54) is 0 Å². The molecule has 2 aromatic carbocycles. The molecule has 0 radical (unpaired) electrons. The van der Waals surface area contributed by atoms with Gasteiger partial charge >= 0.3 is 0 Å². The topological polar surface area (TPSA) is 56.4 Å². The van der Waals surface area contributed by atoms with Crippen molar-refractivity contribution in [3.63, 3.8) is 0 Å². The number of halogens is 1. The van der Waals surface area contributed by atoms with E-state index >= 15 is 0 Å². The quantitative estimate of drug-likeness (QED) is 0.724. The second-order valence-electron chi connectivity index (χ2n) is 7.68. The summed E-state index contributed by atoms with van der Waals surface area (Å²) in [6, 6.07) is 15.5. The Bertz CT molecular complexity index is 1100. The number of nitrogens with zero attached hydrogens (tertiary/aromatic N) is 2. The molecule has 3 heterocycles. The Morgan fingerprint density at radius 1 is 1.11 bits per heavy atom. The van der Waals surface area contributed by atoms with E-state index in [0.717, 1.165) is 34.1 Å². The van der Waals surface area contributed by atoms with E-state index < -0.39 is 5.54 Å². The molecular weight excluding hydrogens is 374 g/mol. The normalized spacial score (nSPS) is 21.8. The maximum atomic E-state index is 13.6. The summed E-state index contributed by atoms with van der Waals surface area (Å²) in [6.07, 6.45) is 0.755. The first-order chi connectivity index (χ1) is 13.5. The highest BCUT2D eigenvalue weighted by Crippen LogP contribution is 2.42. The second-order valence-corrected chi connectivity index (χ2v) is 8.12. The number of hydrogen-bond acceptors (Lipinski definition) is 2. The van der Waals surface area contributed by atoms with Crippen LogP contribution in [0.5, 0.6) is 0 Å². The number of rotatable bonds is 2. The molecule has 5 nitrogen and oxygen atoms in total. The van der Waals surface area contributed by atoms with Crippen molar-refractivity contribution in [2.45, 2.75) is 25.4 Å². The molecule has 0 bridgehead atoms. The van der Waals surface area contributed by atoms with Crippen molar-refractivity contribution in [3.8, 4) is 0 Å². The number of benzene rings is 2. The number of aromatic nitrogens is 1. The van der Waals surface area contributed by atoms with Gasteiger partial charge in [-0.25, -0.2) is 0 Å². The summed E-state index contributed by atoms with van der Waals surface area (Å²) in [7, 11) is 0. The van der Waals surface area contributed by atoms with Crippen molar-refractivity contribution in [1.82, 2.24) is 14.8 Å². The van der Waals surface area contributed by atoms with Crippen molar-refractivity contribution in [1.29, 1.82) is 0 Å². The van der Waals surface area contributed by atoms with E-state index in [1.54, 1.807) is 21.9 Å². The molecule has 28 heavy (non-hydrogen) atoms. The van der Waals surface area contributed by atoms with Crippen LogP contribution in [0.1, 0.15) is 23.7 Å². The third-order valence-electron chi connectivity index (χ3n) is 6.04. The molecule has 2 aliphatic rings. The monoisotopic (exact) mass is 393 g/mol. The molecule has 0 unspecified atom stereocenters. The molecule has 3 aromatic rings. The van der Waals surface area contributed by atoms with Gasteiger partial charge < -0.3 is 14.8 Å². The van der Waals surface area contributed by atoms with Gasteiger partial charge in [-0.15, -0.1) is 0 Å². The van der Waals surface area contributed by atoms with Gasteiger partial charge in [0.1, 0.15) is 6.54 Å². The van der Waals surface area contributed by atoms with Gasteiger partial charge in [-0.1, -0.05) is 41.9 Å². The van der Waals surface area contributed by atoms with Gasteiger partial charge in [-0.05, 0) is 42.7 Å². The predicted molar refractivity (Wildman–Crippen MR) is 108 cm³/mol. The number of nitrogens with one attached hydrogen (secondary N) is 1. The number of piperazine rings is 1. The average molecular weight is 394 g/mol. The number of fused-ring (bicyclic) bond motifs is 5. The minimum Gasteiger partial charge on any atom is -0.356 e. The van der Waals surface area contributed by atoms with Crippen LogP contribution >= 0.6 is 11.6 Å². The summed E-state index contributed by atoms with van der Waals surface area (Å²) >= 11 is 5.97. The van der Waals surface area contributed by atoms with Crippen LogP contribution in [-0.4, -0.2) is 39.7 Å². The minimum atomic E-state index is -1.01. The van der Waals surface area contributed by atoms with Crippen LogP contribution in [0, 0.1) is 0 Å². The molecule has 0 aliphatic carbocycles. The van der Waals surface area contributed by atoms with Gasteiger partial charge in [-0.3, -0.25) is 9.59 Å². The van der Waals surface area contributed by atoms with Gasteiger partial charge in [0.15, 0.2) is 5.54 Å². The Kier molecular flexibility index (Phi) is 3.78. The lowest BCUT2D eigenvalue weighted by Crippen LogP contribution is -2.66. The Morgan fingerprint density at radius 2 is 1.86 bits per heavy atom. The zero-order chi connectivity index (χ0) is 19.5. The van der Waals surface area contributed by atoms with Crippen molar-refractivity contribution in [3.05, 3.63) is 70.4 Å². The fourth-order valence-corrected chi connectivity index (χ4v) is 4.75. The van der Waals surface area contributed by atoms with Crippen molar-refractivity contribution in [2.75, 3.05) is 13.1 Å². The van der Waals surface area contributed by atoms with E-state index in [-0.39, 0.29) is 18.4 Å². The van der Waals surface area contributed by atoms with E-state index in [1.807, 2.05) is 37.3 Å². The zero-order valence-electron chi connectivity index (χ0n) is 15.5. The first kappa shape index (κ1) is 17.3. The SMILES string of the molecule is C[C@]12C(=O)N(Cc3ccc(Cl)cc3)CC(=O)N1CCc1c2[nH]c2ccccc12. The largest absolute Gasteiger partial charge is 0.356 e. The number of amides is 2. The first-order valence-electron chi connectivity index (χ1n) is 9.43. The number of para-hydroxylation sites is 1. The lowest BCUT2D eigenvalue weighted by molar-refractivity contribution is -0.166. The Morgan fingerprint density at radius 3 is 2.64 bits per heavy atom. The molecule has 0 spiro atoms. The molecule has 1 N–H and O–H groups in total. The lowest BCUT2D eigenvalue weighted by Gasteiger charge is -2.49. The van der Waals surface area contributed by atoms with Gasteiger partial charge in [0, 0.05) is 29.0 Å². The highest BCUT2D eigenvalue weighted by Gasteiger charge is 2.53. The van der Waals surface area contributed by atoms with E-state index in [0.29, 0.717) is 18.1 Å². The Labute approximate surface area is 167 Å². The van der Waals surface area contributed by atoms with E-state index in [2.05, 4.69) is 11.1 Å². The number of hydrogen-bond donors (Lipinski definition) is 1. The Balaban J connectivity index is 1.58. The van der Waals surface area contributed by atoms with E-state index in [4.69, 9.17) is 11.6 Å². The highest BCUT2D eigenvalue weighted by atomic mass is 35.5. The number of carbonyl (C=O) groups excluding carboxylic acids is 2. The maximum absolute atomic E-state index is 13.6. The van der Waals surface area contributed by atoms with E-state index in [9.17, 15) is 9.59 Å². The number of aromatic amines is 1. The molecule has 142 valence electrons. The van der Waals surface area contributed by atoms with Crippen LogP contribution in [-0.2, 0) is 28.1 Å². The van der Waals surface area contributed by atoms with Crippen molar-refractivity contribution < 1.29 is 9.59 Å². The van der Waals surface area contributed by atoms with Gasteiger partial charge in [0.2, 0.25) is 5.91 Å². The molecule has 2 aliphatic heterocycles. The lowest BCUT2D eigenvalue weighted by atomic mass is 9.83. The summed E-state index contributed by atoms with van der Waals surface area (Å²) < 4.78 is 0. The molecule has 1 fully saturated rings. The van der Waals surface area contributed by atoms with Crippen LogP contribution in [0.15, 0.2) is 48.5 Å². The molecule has 0 saturated carbocycles. The second kappa shape index (κ2) is 6.11. The Hall–Kier alpha value is -2.79. The van der Waals surface area contributed by atoms with Gasteiger partial charge in [0.25, 0.3) is 5.91 Å². The third-order valence-corrected chi connectivity index (χ3v) is 6.30. The molecule has 1 saturated heterocycles. The van der Waals surface area contributed by atoms with Crippen LogP contribution < -0.4 is 0 Å². The van der Waals surface area contributed by atoms with Crippen LogP contribution in [0.25, 0.3) is 10.9 Å². The smallest absolute Gasteiger partial charge is 0.255 e. The maximum Gasteiger partial charge on any atom is 0.255 e. The first-order valence-corrected chi connectivity index (χ1v) is 9.80. The zero-order valence-corrected chi connectivity index (χ0v) is 16.3. The molecule has 1 atom stereocenters. The fourth-order valence-electron chi connectivity index (χ4n) is 4.62. The molecule has 6 heteroatoms. The summed E-state index contributed by atoms with van der Waals surface area (Å²) in [4.78, 5) is 33.4. The minimum absolute atomic E-state index is 0.0135. The standard InChI is InChI=1S/C22H20ClN3O2/c1-22-20-17(16-4-2-3-5-18(16)24-20)10-11-26(22)19(27)13-25(21(22)28)12-14-6-8-15(23)9-7-14/h2-9,24H,10-13H2,1H3/t22-/m0/s1. The highest BCUT2D eigenvalue weighted by molar-refractivity contribution is 6.30. The van der Waals surface area contributed by atoms with Gasteiger partial charge in [0.05, 0.1) is 5.69 Å². The van der Waals surface area contributed by atoms with Crippen molar-refractivity contribution >= 4 is 34.3 Å². The molecule has 2 amide bonds. The summed E-state index contributed by atoms with van der Waals surface area (Å²) in [5.74, 6) is -0.0603. The molecule has 5 rings (SSSR count). The average Bonchev–Trinajstić information content (AvgIpc) is 3.08. The van der Waals surface area contributed by atoms with Crippen molar-refractivity contribution in [2.24, 2.45) is 0 Å². The number of carbonyl (C=O) groups is 2. The predicted octanol–water partition coefficient (Wildman–Crippen LogP) is 3.46. The third kappa shape index (κ3) is 2.39. The molecular formula is C22H20ClN3O2. The van der Waals surface area contributed by atoms with Crippen LogP contribution in [0.2, 0.25) is 5.02 Å². The summed E-state index contributed by atoms with van der Waals surface area (Å²) in [6.45, 7) is 2.92. The number of H-pyrrole nitrogens is 1. The summed E-state index contributed by atoms with van der Waals surface area (Å²) in [5, 5.41) is 1.78. The fraction of sp³-hybridized carbons (Fsp3) is 0.273. The molecule has 1 aromatic heterocycles. The van der Waals surface area contributed by atoms with Crippen LogP contribution in [0.4, 0.5) is 0 Å².